The van der Waals surface area contributed by atoms with E-state index in [9.17, 15) is 4.79 Å². The highest BCUT2D eigenvalue weighted by molar-refractivity contribution is 7.15. The van der Waals surface area contributed by atoms with Gasteiger partial charge in [-0.15, -0.1) is 11.3 Å². The second-order valence-electron chi connectivity index (χ2n) is 6.00. The van der Waals surface area contributed by atoms with Crippen molar-refractivity contribution >= 4 is 17.2 Å². The molecule has 0 atom stereocenters. The number of carbonyl (C=O) groups is 1. The number of amides is 1. The zero-order chi connectivity index (χ0) is 14.8. The largest absolute Gasteiger partial charge is 0.351 e. The zero-order valence-corrected chi connectivity index (χ0v) is 13.3. The molecule has 1 aromatic heterocycles. The first-order valence-electron chi connectivity index (χ1n) is 6.80. The maximum Gasteiger partial charge on any atom is 0.217 e. The highest BCUT2D eigenvalue weighted by atomic mass is 32.1. The minimum absolute atomic E-state index is 0.00878. The number of hydrogen-bond acceptors (Lipinski definition) is 2. The van der Waals surface area contributed by atoms with Gasteiger partial charge in [0.1, 0.15) is 0 Å². The Hall–Kier alpha value is -1.61. The predicted molar refractivity (Wildman–Crippen MR) is 86.0 cm³/mol. The summed E-state index contributed by atoms with van der Waals surface area (Å²) in [7, 11) is 0. The monoisotopic (exact) mass is 287 g/mol. The van der Waals surface area contributed by atoms with Crippen molar-refractivity contribution in [2.24, 2.45) is 0 Å². The summed E-state index contributed by atoms with van der Waals surface area (Å²) in [6.45, 7) is 8.82. The molecule has 0 aliphatic carbocycles. The third-order valence-electron chi connectivity index (χ3n) is 3.21. The molecule has 0 spiro atoms. The SMILES string of the molecule is CC(=O)NCc1ccc(-c2ccc(C(C)(C)C)cc2)s1. The van der Waals surface area contributed by atoms with Crippen LogP contribution in [0.25, 0.3) is 10.4 Å². The molecule has 0 saturated heterocycles. The van der Waals surface area contributed by atoms with Crippen LogP contribution in [0.4, 0.5) is 0 Å². The van der Waals surface area contributed by atoms with Gasteiger partial charge in [-0.1, -0.05) is 45.0 Å². The number of nitrogens with one attached hydrogen (secondary N) is 1. The summed E-state index contributed by atoms with van der Waals surface area (Å²) in [5.74, 6) is 0.00878. The van der Waals surface area contributed by atoms with Crippen molar-refractivity contribution in [3.8, 4) is 10.4 Å². The average molecular weight is 287 g/mol. The van der Waals surface area contributed by atoms with Gasteiger partial charge in [0.05, 0.1) is 6.54 Å². The van der Waals surface area contributed by atoms with Crippen molar-refractivity contribution in [1.29, 1.82) is 0 Å². The maximum atomic E-state index is 10.9. The van der Waals surface area contributed by atoms with Crippen LogP contribution in [0.5, 0.6) is 0 Å². The van der Waals surface area contributed by atoms with Crippen LogP contribution in [-0.2, 0) is 16.8 Å². The molecule has 0 bridgehead atoms. The first-order chi connectivity index (χ1) is 9.36. The lowest BCUT2D eigenvalue weighted by Crippen LogP contribution is -2.17. The van der Waals surface area contributed by atoms with E-state index in [0.717, 1.165) is 0 Å². The fourth-order valence-electron chi connectivity index (χ4n) is 1.97. The third-order valence-corrected chi connectivity index (χ3v) is 4.34. The normalized spacial score (nSPS) is 11.4. The minimum Gasteiger partial charge on any atom is -0.351 e. The molecule has 2 rings (SSSR count). The Labute approximate surface area is 124 Å². The molecule has 20 heavy (non-hydrogen) atoms. The highest BCUT2D eigenvalue weighted by Gasteiger charge is 2.13. The van der Waals surface area contributed by atoms with Gasteiger partial charge in [0, 0.05) is 16.7 Å². The van der Waals surface area contributed by atoms with Crippen molar-refractivity contribution in [3.63, 3.8) is 0 Å². The number of thiophene rings is 1. The molecule has 2 aromatic rings. The van der Waals surface area contributed by atoms with Gasteiger partial charge >= 0.3 is 0 Å². The quantitative estimate of drug-likeness (QED) is 0.893. The lowest BCUT2D eigenvalue weighted by Gasteiger charge is -2.18. The van der Waals surface area contributed by atoms with E-state index in [2.05, 4.69) is 62.5 Å². The lowest BCUT2D eigenvalue weighted by molar-refractivity contribution is -0.119. The van der Waals surface area contributed by atoms with Gasteiger partial charge in [-0.25, -0.2) is 0 Å². The van der Waals surface area contributed by atoms with Gasteiger partial charge in [0.15, 0.2) is 0 Å². The molecular formula is C17H21NOS. The first kappa shape index (κ1) is 14.8. The maximum absolute atomic E-state index is 10.9. The Morgan fingerprint density at radius 3 is 2.30 bits per heavy atom. The summed E-state index contributed by atoms with van der Waals surface area (Å²) < 4.78 is 0. The number of hydrogen-bond donors (Lipinski definition) is 1. The fourth-order valence-corrected chi connectivity index (χ4v) is 2.93. The van der Waals surface area contributed by atoms with Crippen LogP contribution < -0.4 is 5.32 Å². The summed E-state index contributed by atoms with van der Waals surface area (Å²) in [6, 6.07) is 12.9. The van der Waals surface area contributed by atoms with Crippen LogP contribution in [0.1, 0.15) is 38.1 Å². The summed E-state index contributed by atoms with van der Waals surface area (Å²) in [5, 5.41) is 2.83. The fraction of sp³-hybridized carbons (Fsp3) is 0.353. The molecule has 1 N–H and O–H groups in total. The van der Waals surface area contributed by atoms with Crippen LogP contribution in [0.3, 0.4) is 0 Å². The Balaban J connectivity index is 2.14. The molecule has 2 nitrogen and oxygen atoms in total. The second-order valence-corrected chi connectivity index (χ2v) is 7.17. The zero-order valence-electron chi connectivity index (χ0n) is 12.5. The van der Waals surface area contributed by atoms with Crippen molar-refractivity contribution in [1.82, 2.24) is 5.32 Å². The van der Waals surface area contributed by atoms with E-state index >= 15 is 0 Å². The van der Waals surface area contributed by atoms with E-state index in [1.165, 1.54) is 20.9 Å². The smallest absolute Gasteiger partial charge is 0.217 e. The Morgan fingerprint density at radius 1 is 1.10 bits per heavy atom. The van der Waals surface area contributed by atoms with Gasteiger partial charge < -0.3 is 5.32 Å². The van der Waals surface area contributed by atoms with Crippen molar-refractivity contribution in [2.45, 2.75) is 39.7 Å². The molecule has 1 heterocycles. The molecule has 1 amide bonds. The molecule has 0 fully saturated rings. The minimum atomic E-state index is 0.00878. The standard InChI is InChI=1S/C17H21NOS/c1-12(19)18-11-15-9-10-16(20-15)13-5-7-14(8-6-13)17(2,3)4/h5-10H,11H2,1-4H3,(H,18,19). The molecule has 0 aliphatic rings. The van der Waals surface area contributed by atoms with Gasteiger partial charge in [-0.3, -0.25) is 4.79 Å². The Kier molecular flexibility index (Phi) is 4.29. The molecule has 3 heteroatoms. The number of carbonyl (C=O) groups excluding carboxylic acids is 1. The summed E-state index contributed by atoms with van der Waals surface area (Å²) in [6.07, 6.45) is 0. The van der Waals surface area contributed by atoms with Crippen molar-refractivity contribution < 1.29 is 4.79 Å². The van der Waals surface area contributed by atoms with E-state index in [0.29, 0.717) is 6.54 Å². The topological polar surface area (TPSA) is 29.1 Å². The van der Waals surface area contributed by atoms with Gasteiger partial charge in [0.25, 0.3) is 0 Å². The van der Waals surface area contributed by atoms with Crippen LogP contribution in [-0.4, -0.2) is 5.91 Å². The molecular weight excluding hydrogens is 266 g/mol. The number of benzene rings is 1. The summed E-state index contributed by atoms with van der Waals surface area (Å²) in [4.78, 5) is 13.3. The third kappa shape index (κ3) is 3.70. The van der Waals surface area contributed by atoms with Crippen molar-refractivity contribution in [3.05, 3.63) is 46.8 Å². The molecule has 0 radical (unpaired) electrons. The molecule has 0 unspecified atom stereocenters. The van der Waals surface area contributed by atoms with Crippen LogP contribution >= 0.6 is 11.3 Å². The molecule has 1 aromatic carbocycles. The van der Waals surface area contributed by atoms with Gasteiger partial charge in [-0.05, 0) is 28.7 Å². The Morgan fingerprint density at radius 2 is 1.75 bits per heavy atom. The molecule has 0 saturated carbocycles. The lowest BCUT2D eigenvalue weighted by atomic mass is 9.86. The van der Waals surface area contributed by atoms with Crippen LogP contribution in [0.15, 0.2) is 36.4 Å². The second kappa shape index (κ2) is 5.80. The Bertz CT molecular complexity index is 590. The highest BCUT2D eigenvalue weighted by Crippen LogP contribution is 2.30. The summed E-state index contributed by atoms with van der Waals surface area (Å²) >= 11 is 1.73. The molecule has 106 valence electrons. The first-order valence-corrected chi connectivity index (χ1v) is 7.62. The summed E-state index contributed by atoms with van der Waals surface area (Å²) in [5.41, 5.74) is 2.76. The number of rotatable bonds is 3. The van der Waals surface area contributed by atoms with E-state index < -0.39 is 0 Å². The van der Waals surface area contributed by atoms with E-state index in [1.807, 2.05) is 0 Å². The van der Waals surface area contributed by atoms with Crippen molar-refractivity contribution in [2.75, 3.05) is 0 Å². The molecule has 0 aliphatic heterocycles. The van der Waals surface area contributed by atoms with E-state index in [-0.39, 0.29) is 11.3 Å². The van der Waals surface area contributed by atoms with Crippen LogP contribution in [0, 0.1) is 0 Å². The van der Waals surface area contributed by atoms with Gasteiger partial charge in [0.2, 0.25) is 5.91 Å². The van der Waals surface area contributed by atoms with Crippen LogP contribution in [0.2, 0.25) is 0 Å². The predicted octanol–water partition coefficient (Wildman–Crippen LogP) is 4.35. The van der Waals surface area contributed by atoms with Gasteiger partial charge in [-0.2, -0.15) is 0 Å². The van der Waals surface area contributed by atoms with E-state index in [1.54, 1.807) is 18.3 Å². The van der Waals surface area contributed by atoms with E-state index in [4.69, 9.17) is 0 Å². The average Bonchev–Trinajstić information content (AvgIpc) is 2.84.